The summed E-state index contributed by atoms with van der Waals surface area (Å²) in [5.41, 5.74) is 0.376. The van der Waals surface area contributed by atoms with Gasteiger partial charge < -0.3 is 20.3 Å². The molecule has 2 aliphatic rings. The van der Waals surface area contributed by atoms with E-state index in [4.69, 9.17) is 4.74 Å². The number of piperidine rings is 1. The number of halogens is 3. The number of rotatable bonds is 11. The SMILES string of the molecule is C=C(NCC1CCN(C(=O)CNCCCN2CCOCC2)CC1)c1cc(F)cc(C(C)(F)F)c1. The van der Waals surface area contributed by atoms with Crippen LogP contribution in [0.15, 0.2) is 24.8 Å². The Morgan fingerprint density at radius 2 is 1.88 bits per heavy atom. The Morgan fingerprint density at radius 3 is 2.56 bits per heavy atom. The van der Waals surface area contributed by atoms with Crippen LogP contribution in [-0.4, -0.2) is 81.3 Å². The van der Waals surface area contributed by atoms with Gasteiger partial charge in [-0.05, 0) is 56.5 Å². The lowest BCUT2D eigenvalue weighted by Crippen LogP contribution is -2.44. The molecule has 0 atom stereocenters. The smallest absolute Gasteiger partial charge is 0.270 e. The van der Waals surface area contributed by atoms with E-state index in [1.165, 1.54) is 12.1 Å². The zero-order valence-corrected chi connectivity index (χ0v) is 20.1. The van der Waals surface area contributed by atoms with E-state index < -0.39 is 11.7 Å². The highest BCUT2D eigenvalue weighted by Gasteiger charge is 2.26. The van der Waals surface area contributed by atoms with Crippen molar-refractivity contribution in [1.82, 2.24) is 20.4 Å². The number of hydrogen-bond acceptors (Lipinski definition) is 5. The average Bonchev–Trinajstić information content (AvgIpc) is 2.82. The number of amides is 1. The van der Waals surface area contributed by atoms with Gasteiger partial charge >= 0.3 is 0 Å². The van der Waals surface area contributed by atoms with Gasteiger partial charge in [-0.1, -0.05) is 6.58 Å². The van der Waals surface area contributed by atoms with E-state index in [9.17, 15) is 18.0 Å². The van der Waals surface area contributed by atoms with Crippen LogP contribution < -0.4 is 10.6 Å². The molecule has 2 aliphatic heterocycles. The van der Waals surface area contributed by atoms with Gasteiger partial charge in [-0.15, -0.1) is 0 Å². The van der Waals surface area contributed by atoms with Crippen LogP contribution in [0.5, 0.6) is 0 Å². The second-order valence-corrected chi connectivity index (χ2v) is 9.28. The summed E-state index contributed by atoms with van der Waals surface area (Å²) in [6, 6.07) is 3.33. The van der Waals surface area contributed by atoms with Gasteiger partial charge in [0, 0.05) is 56.5 Å². The Morgan fingerprint density at radius 1 is 1.18 bits per heavy atom. The molecule has 6 nitrogen and oxygen atoms in total. The van der Waals surface area contributed by atoms with Gasteiger partial charge in [-0.25, -0.2) is 13.2 Å². The lowest BCUT2D eigenvalue weighted by Gasteiger charge is -2.32. The average molecular weight is 483 g/mol. The second kappa shape index (κ2) is 12.6. The molecule has 1 aromatic rings. The summed E-state index contributed by atoms with van der Waals surface area (Å²) < 4.78 is 46.3. The molecule has 0 unspecified atom stereocenters. The van der Waals surface area contributed by atoms with E-state index in [0.717, 1.165) is 71.6 Å². The van der Waals surface area contributed by atoms with E-state index >= 15 is 0 Å². The van der Waals surface area contributed by atoms with Gasteiger partial charge in [0.05, 0.1) is 19.8 Å². The molecule has 2 saturated heterocycles. The van der Waals surface area contributed by atoms with Crippen LogP contribution in [0, 0.1) is 11.7 Å². The van der Waals surface area contributed by atoms with Crippen molar-refractivity contribution in [1.29, 1.82) is 0 Å². The molecular formula is C25H37F3N4O2. The minimum absolute atomic E-state index is 0.120. The molecule has 190 valence electrons. The largest absolute Gasteiger partial charge is 0.385 e. The van der Waals surface area contributed by atoms with E-state index in [-0.39, 0.29) is 11.5 Å². The number of carbonyl (C=O) groups excluding carboxylic acids is 1. The monoisotopic (exact) mass is 482 g/mol. The van der Waals surface area contributed by atoms with Crippen molar-refractivity contribution in [2.75, 3.05) is 65.6 Å². The van der Waals surface area contributed by atoms with Crippen molar-refractivity contribution >= 4 is 11.6 Å². The lowest BCUT2D eigenvalue weighted by molar-refractivity contribution is -0.131. The maximum absolute atomic E-state index is 13.8. The number of benzene rings is 1. The molecule has 1 aromatic carbocycles. The standard InChI is InChI=1S/C25H37F3N4O2/c1-19(21-14-22(25(2,27)28)16-23(26)15-21)30-17-20-4-8-32(9-5-20)24(33)18-29-6-3-7-31-10-12-34-13-11-31/h14-16,20,29-30H,1,3-13,17-18H2,2H3. The first-order chi connectivity index (χ1) is 16.2. The number of hydrogen-bond donors (Lipinski definition) is 2. The molecule has 0 saturated carbocycles. The molecular weight excluding hydrogens is 445 g/mol. The minimum Gasteiger partial charge on any atom is -0.385 e. The van der Waals surface area contributed by atoms with Crippen molar-refractivity contribution in [2.45, 2.75) is 32.1 Å². The fourth-order valence-electron chi connectivity index (χ4n) is 4.33. The Hall–Kier alpha value is -2.10. The molecule has 0 spiro atoms. The highest BCUT2D eigenvalue weighted by molar-refractivity contribution is 5.78. The highest BCUT2D eigenvalue weighted by Crippen LogP contribution is 2.29. The fraction of sp³-hybridized carbons (Fsp3) is 0.640. The Balaban J connectivity index is 1.32. The molecule has 9 heteroatoms. The van der Waals surface area contributed by atoms with Crippen molar-refractivity contribution in [3.05, 3.63) is 41.7 Å². The Kier molecular flexibility index (Phi) is 9.79. The first kappa shape index (κ1) is 26.5. The lowest BCUT2D eigenvalue weighted by atomic mass is 9.96. The summed E-state index contributed by atoms with van der Waals surface area (Å²) in [6.07, 6.45) is 2.71. The molecule has 1 amide bonds. The number of nitrogens with zero attached hydrogens (tertiary/aromatic N) is 2. The molecule has 2 N–H and O–H groups in total. The van der Waals surface area contributed by atoms with Crippen molar-refractivity contribution in [3.8, 4) is 0 Å². The van der Waals surface area contributed by atoms with Crippen LogP contribution in [0.1, 0.15) is 37.3 Å². The summed E-state index contributed by atoms with van der Waals surface area (Å²) in [4.78, 5) is 16.7. The number of alkyl halides is 2. The van der Waals surface area contributed by atoms with Crippen molar-refractivity contribution < 1.29 is 22.7 Å². The van der Waals surface area contributed by atoms with E-state index in [1.807, 2.05) is 4.90 Å². The summed E-state index contributed by atoms with van der Waals surface area (Å²) in [5, 5.41) is 6.41. The number of nitrogens with one attached hydrogen (secondary N) is 2. The van der Waals surface area contributed by atoms with Gasteiger partial charge in [0.25, 0.3) is 5.92 Å². The predicted octanol–water partition coefficient (Wildman–Crippen LogP) is 3.05. The number of ether oxygens (including phenoxy) is 1. The van der Waals surface area contributed by atoms with Crippen LogP contribution >= 0.6 is 0 Å². The first-order valence-electron chi connectivity index (χ1n) is 12.1. The molecule has 2 heterocycles. The Labute approximate surface area is 200 Å². The maximum atomic E-state index is 13.8. The highest BCUT2D eigenvalue weighted by atomic mass is 19.3. The summed E-state index contributed by atoms with van der Waals surface area (Å²) in [6.45, 7) is 12.4. The Bertz CT molecular complexity index is 817. The normalized spacial score (nSPS) is 18.2. The second-order valence-electron chi connectivity index (χ2n) is 9.28. The zero-order chi connectivity index (χ0) is 24.6. The molecule has 0 bridgehead atoms. The quantitative estimate of drug-likeness (QED) is 0.475. The fourth-order valence-corrected chi connectivity index (χ4v) is 4.33. The number of likely N-dealkylation sites (tertiary alicyclic amines) is 1. The number of morpholine rings is 1. The summed E-state index contributed by atoms with van der Waals surface area (Å²) in [7, 11) is 0. The van der Waals surface area contributed by atoms with Gasteiger partial charge in [0.1, 0.15) is 5.82 Å². The molecule has 0 aromatic heterocycles. The van der Waals surface area contributed by atoms with Crippen LogP contribution in [0.2, 0.25) is 0 Å². The third-order valence-corrected chi connectivity index (χ3v) is 6.53. The van der Waals surface area contributed by atoms with E-state index in [2.05, 4.69) is 22.1 Å². The van der Waals surface area contributed by atoms with E-state index in [1.54, 1.807) is 0 Å². The molecule has 3 rings (SSSR count). The third-order valence-electron chi connectivity index (χ3n) is 6.53. The van der Waals surface area contributed by atoms with Crippen LogP contribution in [0.4, 0.5) is 13.2 Å². The van der Waals surface area contributed by atoms with Crippen LogP contribution in [-0.2, 0) is 15.5 Å². The molecule has 34 heavy (non-hydrogen) atoms. The summed E-state index contributed by atoms with van der Waals surface area (Å²) >= 11 is 0. The predicted molar refractivity (Wildman–Crippen MR) is 127 cm³/mol. The van der Waals surface area contributed by atoms with Gasteiger partial charge in [-0.2, -0.15) is 0 Å². The van der Waals surface area contributed by atoms with Gasteiger partial charge in [0.15, 0.2) is 0 Å². The van der Waals surface area contributed by atoms with Crippen LogP contribution in [0.25, 0.3) is 5.70 Å². The maximum Gasteiger partial charge on any atom is 0.270 e. The van der Waals surface area contributed by atoms with Gasteiger partial charge in [0.2, 0.25) is 5.91 Å². The first-order valence-corrected chi connectivity index (χ1v) is 12.1. The van der Waals surface area contributed by atoms with Crippen LogP contribution in [0.3, 0.4) is 0 Å². The molecule has 2 fully saturated rings. The minimum atomic E-state index is -3.12. The number of carbonyl (C=O) groups is 1. The van der Waals surface area contributed by atoms with Crippen molar-refractivity contribution in [2.24, 2.45) is 5.92 Å². The third kappa shape index (κ3) is 8.29. The topological polar surface area (TPSA) is 56.8 Å². The van der Waals surface area contributed by atoms with Gasteiger partial charge in [-0.3, -0.25) is 9.69 Å². The summed E-state index contributed by atoms with van der Waals surface area (Å²) in [5.74, 6) is -3.37. The zero-order valence-electron chi connectivity index (χ0n) is 20.1. The molecule has 0 aliphatic carbocycles. The van der Waals surface area contributed by atoms with E-state index in [0.29, 0.717) is 43.4 Å². The van der Waals surface area contributed by atoms with Crippen molar-refractivity contribution in [3.63, 3.8) is 0 Å². The molecule has 0 radical (unpaired) electrons.